The van der Waals surface area contributed by atoms with E-state index in [1.54, 1.807) is 14.2 Å². The van der Waals surface area contributed by atoms with Gasteiger partial charge < -0.3 is 15.2 Å². The lowest BCUT2D eigenvalue weighted by Gasteiger charge is -2.35. The molecule has 0 aliphatic heterocycles. The van der Waals surface area contributed by atoms with E-state index < -0.39 is 0 Å². The molecule has 1 unspecified atom stereocenters. The highest BCUT2D eigenvalue weighted by atomic mass is 35.5. The first kappa shape index (κ1) is 17.2. The Balaban J connectivity index is 3.15. The van der Waals surface area contributed by atoms with Crippen LogP contribution in [-0.2, 0) is 4.74 Å². The van der Waals surface area contributed by atoms with Gasteiger partial charge in [0.25, 0.3) is 0 Å². The Morgan fingerprint density at radius 2 is 2.00 bits per heavy atom. The summed E-state index contributed by atoms with van der Waals surface area (Å²) in [7, 11) is 3.35. The maximum Gasteiger partial charge on any atom is 0.125 e. The van der Waals surface area contributed by atoms with Gasteiger partial charge in [-0.1, -0.05) is 17.7 Å². The molecule has 5 heteroatoms. The van der Waals surface area contributed by atoms with E-state index in [0.29, 0.717) is 24.2 Å². The van der Waals surface area contributed by atoms with E-state index in [1.165, 1.54) is 0 Å². The zero-order chi connectivity index (χ0) is 15.1. The zero-order valence-electron chi connectivity index (χ0n) is 12.7. The van der Waals surface area contributed by atoms with Crippen LogP contribution in [0.2, 0.25) is 5.02 Å². The summed E-state index contributed by atoms with van der Waals surface area (Å²) >= 11 is 6.37. The normalized spacial score (nSPS) is 13.0. The molecule has 114 valence electrons. The van der Waals surface area contributed by atoms with Gasteiger partial charge in [-0.15, -0.1) is 0 Å². The summed E-state index contributed by atoms with van der Waals surface area (Å²) in [6, 6.07) is 6.01. The largest absolute Gasteiger partial charge is 0.496 e. The topological polar surface area (TPSA) is 47.7 Å². The molecule has 0 saturated heterocycles. The molecule has 1 aromatic carbocycles. The molecule has 0 amide bonds. The van der Waals surface area contributed by atoms with Gasteiger partial charge in [0.05, 0.1) is 19.8 Å². The molecule has 0 aliphatic rings. The minimum Gasteiger partial charge on any atom is -0.496 e. The van der Waals surface area contributed by atoms with Crippen molar-refractivity contribution in [3.63, 3.8) is 0 Å². The van der Waals surface area contributed by atoms with Crippen LogP contribution < -0.4 is 10.5 Å². The molecule has 0 aromatic heterocycles. The average molecular weight is 301 g/mol. The van der Waals surface area contributed by atoms with Gasteiger partial charge in [-0.2, -0.15) is 0 Å². The number of methoxy groups -OCH3 is 2. The van der Waals surface area contributed by atoms with Crippen LogP contribution in [0.3, 0.4) is 0 Å². The van der Waals surface area contributed by atoms with E-state index in [9.17, 15) is 0 Å². The molecule has 1 atom stereocenters. The smallest absolute Gasteiger partial charge is 0.125 e. The predicted octanol–water partition coefficient (Wildman–Crippen LogP) is 2.71. The van der Waals surface area contributed by atoms with Crippen molar-refractivity contribution in [2.24, 2.45) is 5.73 Å². The van der Waals surface area contributed by atoms with Crippen molar-refractivity contribution in [3.8, 4) is 5.75 Å². The van der Waals surface area contributed by atoms with Crippen LogP contribution in [0.4, 0.5) is 0 Å². The summed E-state index contributed by atoms with van der Waals surface area (Å²) in [4.78, 5) is 2.28. The van der Waals surface area contributed by atoms with Crippen molar-refractivity contribution >= 4 is 11.6 Å². The van der Waals surface area contributed by atoms with Crippen molar-refractivity contribution in [2.45, 2.75) is 25.9 Å². The lowest BCUT2D eigenvalue weighted by molar-refractivity contribution is 0.0969. The molecule has 1 rings (SSSR count). The van der Waals surface area contributed by atoms with Gasteiger partial charge in [-0.05, 0) is 26.0 Å². The molecule has 0 bridgehead atoms. The molecule has 0 saturated carbocycles. The van der Waals surface area contributed by atoms with Crippen molar-refractivity contribution in [2.75, 3.05) is 33.9 Å². The lowest BCUT2D eigenvalue weighted by atomic mass is 10.0. The molecular weight excluding hydrogens is 276 g/mol. The first-order valence-electron chi connectivity index (χ1n) is 6.83. The number of rotatable bonds is 8. The Morgan fingerprint density at radius 3 is 2.50 bits per heavy atom. The highest BCUT2D eigenvalue weighted by Crippen LogP contribution is 2.35. The first-order valence-corrected chi connectivity index (χ1v) is 7.21. The van der Waals surface area contributed by atoms with E-state index in [0.717, 1.165) is 17.9 Å². The Hall–Kier alpha value is -0.810. The van der Waals surface area contributed by atoms with Crippen molar-refractivity contribution in [3.05, 3.63) is 28.8 Å². The summed E-state index contributed by atoms with van der Waals surface area (Å²) in [5, 5.41) is 0.683. The van der Waals surface area contributed by atoms with Crippen LogP contribution in [0.15, 0.2) is 18.2 Å². The van der Waals surface area contributed by atoms with Crippen LogP contribution in [-0.4, -0.2) is 44.9 Å². The van der Waals surface area contributed by atoms with Crippen molar-refractivity contribution in [1.82, 2.24) is 4.90 Å². The Kier molecular flexibility index (Phi) is 7.30. The zero-order valence-corrected chi connectivity index (χ0v) is 13.5. The molecule has 0 heterocycles. The Morgan fingerprint density at radius 1 is 1.30 bits per heavy atom. The highest BCUT2D eigenvalue weighted by molar-refractivity contribution is 6.31. The van der Waals surface area contributed by atoms with Crippen LogP contribution in [0.25, 0.3) is 0 Å². The van der Waals surface area contributed by atoms with Gasteiger partial charge in [-0.25, -0.2) is 0 Å². The molecule has 0 spiro atoms. The average Bonchev–Trinajstić information content (AvgIpc) is 2.43. The van der Waals surface area contributed by atoms with E-state index in [1.807, 2.05) is 18.2 Å². The number of hydrogen-bond donors (Lipinski definition) is 1. The number of hydrogen-bond acceptors (Lipinski definition) is 4. The summed E-state index contributed by atoms with van der Waals surface area (Å²) in [5.41, 5.74) is 6.96. The fourth-order valence-corrected chi connectivity index (χ4v) is 2.70. The maximum absolute atomic E-state index is 6.37. The summed E-state index contributed by atoms with van der Waals surface area (Å²) < 4.78 is 10.6. The number of ether oxygens (including phenoxy) is 2. The molecule has 0 radical (unpaired) electrons. The molecule has 0 aliphatic carbocycles. The van der Waals surface area contributed by atoms with Gasteiger partial charge in [0.2, 0.25) is 0 Å². The lowest BCUT2D eigenvalue weighted by Crippen LogP contribution is -2.41. The molecule has 20 heavy (non-hydrogen) atoms. The van der Waals surface area contributed by atoms with Gasteiger partial charge >= 0.3 is 0 Å². The highest BCUT2D eigenvalue weighted by Gasteiger charge is 2.26. The van der Waals surface area contributed by atoms with Gasteiger partial charge in [0, 0.05) is 36.8 Å². The maximum atomic E-state index is 6.37. The van der Waals surface area contributed by atoms with Gasteiger partial charge in [0.15, 0.2) is 0 Å². The van der Waals surface area contributed by atoms with E-state index in [-0.39, 0.29) is 6.04 Å². The fraction of sp³-hybridized carbons (Fsp3) is 0.600. The van der Waals surface area contributed by atoms with Gasteiger partial charge in [-0.3, -0.25) is 4.90 Å². The van der Waals surface area contributed by atoms with Crippen LogP contribution in [0.5, 0.6) is 5.75 Å². The number of nitrogens with zero attached hydrogens (tertiary/aromatic N) is 1. The van der Waals surface area contributed by atoms with E-state index in [2.05, 4.69) is 18.7 Å². The second-order valence-electron chi connectivity index (χ2n) is 4.93. The SMILES string of the molecule is COCCN(C(C)C)C(CN)c1c(Cl)cccc1OC. The first-order chi connectivity index (χ1) is 9.56. The minimum atomic E-state index is 0.00815. The van der Waals surface area contributed by atoms with Crippen molar-refractivity contribution in [1.29, 1.82) is 0 Å². The summed E-state index contributed by atoms with van der Waals surface area (Å²) in [6.45, 7) is 6.21. The van der Waals surface area contributed by atoms with Crippen LogP contribution in [0, 0.1) is 0 Å². The van der Waals surface area contributed by atoms with Crippen molar-refractivity contribution < 1.29 is 9.47 Å². The monoisotopic (exact) mass is 300 g/mol. The second-order valence-corrected chi connectivity index (χ2v) is 5.34. The molecular formula is C15H25ClN2O2. The predicted molar refractivity (Wildman–Crippen MR) is 83.5 cm³/mol. The molecule has 1 aromatic rings. The standard InChI is InChI=1S/C15H25ClN2O2/c1-11(2)18(8-9-19-3)13(10-17)15-12(16)6-5-7-14(15)20-4/h5-7,11,13H,8-10,17H2,1-4H3. The van der Waals surface area contributed by atoms with E-state index in [4.69, 9.17) is 26.8 Å². The summed E-state index contributed by atoms with van der Waals surface area (Å²) in [5.74, 6) is 0.774. The molecule has 4 nitrogen and oxygen atoms in total. The second kappa shape index (κ2) is 8.47. The van der Waals surface area contributed by atoms with E-state index >= 15 is 0 Å². The quantitative estimate of drug-likeness (QED) is 0.802. The third-order valence-corrected chi connectivity index (χ3v) is 3.74. The Labute approximate surface area is 126 Å². The van der Waals surface area contributed by atoms with Gasteiger partial charge in [0.1, 0.15) is 5.75 Å². The molecule has 0 fully saturated rings. The number of halogens is 1. The van der Waals surface area contributed by atoms with Crippen LogP contribution in [0.1, 0.15) is 25.5 Å². The third-order valence-electron chi connectivity index (χ3n) is 3.41. The minimum absolute atomic E-state index is 0.00815. The number of nitrogens with two attached hydrogens (primary N) is 1. The Bertz CT molecular complexity index is 413. The number of benzene rings is 1. The summed E-state index contributed by atoms with van der Waals surface area (Å²) in [6.07, 6.45) is 0. The molecule has 2 N–H and O–H groups in total. The third kappa shape index (κ3) is 4.09. The van der Waals surface area contributed by atoms with Crippen LogP contribution >= 0.6 is 11.6 Å². The fourth-order valence-electron chi connectivity index (χ4n) is 2.41.